The molecule has 254 valence electrons. The van der Waals surface area contributed by atoms with Gasteiger partial charge in [-0.1, -0.05) is 30.3 Å². The Kier molecular flexibility index (Phi) is 10.1. The summed E-state index contributed by atoms with van der Waals surface area (Å²) in [5.74, 6) is 5.49. The summed E-state index contributed by atoms with van der Waals surface area (Å²) in [5, 5.41) is 14.3. The van der Waals surface area contributed by atoms with E-state index in [4.69, 9.17) is 11.6 Å². The zero-order valence-electron chi connectivity index (χ0n) is 27.6. The Morgan fingerprint density at radius 1 is 1.02 bits per heavy atom. The van der Waals surface area contributed by atoms with Gasteiger partial charge in [-0.25, -0.2) is 4.98 Å². The molecule has 4 aliphatic carbocycles. The molecular weight excluding hydrogens is 624 g/mol. The fourth-order valence-electron chi connectivity index (χ4n) is 9.06. The van der Waals surface area contributed by atoms with Crippen molar-refractivity contribution in [3.05, 3.63) is 66.1 Å². The predicted molar refractivity (Wildman–Crippen MR) is 189 cm³/mol. The van der Waals surface area contributed by atoms with E-state index in [1.807, 2.05) is 35.1 Å². The number of carbonyl (C=O) groups excluding carboxylic acids is 2. The molecule has 5 fully saturated rings. The Morgan fingerprint density at radius 2 is 1.79 bits per heavy atom. The van der Waals surface area contributed by atoms with Crippen LogP contribution in [0, 0.1) is 29.6 Å². The van der Waals surface area contributed by atoms with E-state index in [1.54, 1.807) is 12.4 Å². The minimum atomic E-state index is -0.260. The molecule has 3 aromatic rings. The van der Waals surface area contributed by atoms with Gasteiger partial charge >= 0.3 is 0 Å². The van der Waals surface area contributed by atoms with E-state index in [0.29, 0.717) is 46.8 Å². The molecule has 48 heavy (non-hydrogen) atoms. The first-order valence-electron chi connectivity index (χ1n) is 17.7. The Labute approximate surface area is 288 Å². The van der Waals surface area contributed by atoms with E-state index in [9.17, 15) is 9.59 Å². The second-order valence-electron chi connectivity index (χ2n) is 14.5. The highest BCUT2D eigenvalue weighted by Gasteiger charge is 2.48. The largest absolute Gasteiger partial charge is 0.365 e. The standard InChI is InChI=1S/C37H47ClN8O2/c1-2-35(48)42-29-6-3-5-24(18-29)20-39-36-34(38)22-40-37(44-36)43-30-21-41-46(23-30)31-8-11-45(12-9-31)10-4-7-32(47)19-33-27-14-25-13-26(16-27)17-28(33)15-25/h2-3,5-6,18,21-23,25-28,31,33H,1,4,7-17,19-20H2,(H,42,48)(H2,39,40,43,44). The number of carbonyl (C=O) groups is 2. The normalized spacial score (nSPS) is 25.1. The number of piperidine rings is 1. The van der Waals surface area contributed by atoms with Crippen molar-refractivity contribution in [3.63, 3.8) is 0 Å². The molecule has 1 aliphatic heterocycles. The number of Topliss-reactive ketones (excluding diaryl/α,β-unsaturated/α-hetero) is 1. The van der Waals surface area contributed by atoms with Crippen molar-refractivity contribution < 1.29 is 9.59 Å². The minimum absolute atomic E-state index is 0.260. The lowest BCUT2D eigenvalue weighted by atomic mass is 9.51. The Morgan fingerprint density at radius 3 is 2.54 bits per heavy atom. The van der Waals surface area contributed by atoms with Gasteiger partial charge < -0.3 is 20.9 Å². The van der Waals surface area contributed by atoms with Crippen molar-refractivity contribution >= 4 is 46.4 Å². The second-order valence-corrected chi connectivity index (χ2v) is 14.9. The van der Waals surface area contributed by atoms with Gasteiger partial charge in [0, 0.05) is 44.4 Å². The maximum absolute atomic E-state index is 13.0. The van der Waals surface area contributed by atoms with Gasteiger partial charge in [-0.15, -0.1) is 0 Å². The van der Waals surface area contributed by atoms with Gasteiger partial charge in [-0.2, -0.15) is 10.1 Å². The van der Waals surface area contributed by atoms with E-state index in [-0.39, 0.29) is 5.91 Å². The zero-order chi connectivity index (χ0) is 33.0. The number of halogens is 1. The molecule has 0 atom stereocenters. The molecule has 4 saturated carbocycles. The Hall–Kier alpha value is -3.76. The van der Waals surface area contributed by atoms with E-state index in [1.165, 1.54) is 38.2 Å². The number of ketones is 1. The first-order valence-corrected chi connectivity index (χ1v) is 18.1. The Balaban J connectivity index is 0.838. The SMILES string of the molecule is C=CC(=O)Nc1cccc(CNc2nc(Nc3cnn(C4CCN(CCCC(=O)CC5C6CC7CC(C6)CC5C7)CC4)c3)ncc2Cl)c1. The van der Waals surface area contributed by atoms with Gasteiger partial charge in [-0.05, 0) is 111 Å². The number of nitrogens with zero attached hydrogens (tertiary/aromatic N) is 5. The van der Waals surface area contributed by atoms with Crippen molar-refractivity contribution in [1.29, 1.82) is 0 Å². The number of likely N-dealkylation sites (tertiary alicyclic amines) is 1. The van der Waals surface area contributed by atoms with Crippen LogP contribution in [0.25, 0.3) is 0 Å². The lowest BCUT2D eigenvalue weighted by Gasteiger charge is -2.54. The molecule has 4 bridgehead atoms. The maximum atomic E-state index is 13.0. The Bertz CT molecular complexity index is 1590. The summed E-state index contributed by atoms with van der Waals surface area (Å²) in [6.45, 7) is 7.01. The van der Waals surface area contributed by atoms with Crippen LogP contribution in [0.4, 0.5) is 23.1 Å². The third-order valence-corrected chi connectivity index (χ3v) is 11.5. The van der Waals surface area contributed by atoms with Crippen LogP contribution in [0.15, 0.2) is 55.5 Å². The van der Waals surface area contributed by atoms with E-state index in [2.05, 4.69) is 42.5 Å². The van der Waals surface area contributed by atoms with Crippen LogP contribution in [0.5, 0.6) is 0 Å². The monoisotopic (exact) mass is 670 g/mol. The highest BCUT2D eigenvalue weighted by atomic mass is 35.5. The molecule has 2 aromatic heterocycles. The van der Waals surface area contributed by atoms with E-state index >= 15 is 0 Å². The number of hydrogen-bond acceptors (Lipinski definition) is 8. The highest BCUT2D eigenvalue weighted by Crippen LogP contribution is 2.57. The maximum Gasteiger partial charge on any atom is 0.247 e. The van der Waals surface area contributed by atoms with Crippen molar-refractivity contribution in [2.75, 3.05) is 35.6 Å². The molecule has 10 nitrogen and oxygen atoms in total. The summed E-state index contributed by atoms with van der Waals surface area (Å²) in [7, 11) is 0. The van der Waals surface area contributed by atoms with Crippen molar-refractivity contribution in [2.24, 2.45) is 29.6 Å². The van der Waals surface area contributed by atoms with Crippen LogP contribution in [0.2, 0.25) is 5.02 Å². The third kappa shape index (κ3) is 7.92. The van der Waals surface area contributed by atoms with Gasteiger partial charge in [0.25, 0.3) is 0 Å². The lowest BCUT2D eigenvalue weighted by molar-refractivity contribution is -0.124. The van der Waals surface area contributed by atoms with Crippen LogP contribution < -0.4 is 16.0 Å². The molecule has 0 radical (unpaired) electrons. The third-order valence-electron chi connectivity index (χ3n) is 11.2. The van der Waals surface area contributed by atoms with Gasteiger partial charge in [0.1, 0.15) is 10.8 Å². The number of hydrogen-bond donors (Lipinski definition) is 3. The van der Waals surface area contributed by atoms with Gasteiger partial charge in [0.15, 0.2) is 5.82 Å². The first kappa shape index (κ1) is 32.8. The van der Waals surface area contributed by atoms with E-state index in [0.717, 1.165) is 86.7 Å². The van der Waals surface area contributed by atoms with Gasteiger partial charge in [0.2, 0.25) is 11.9 Å². The molecule has 0 unspecified atom stereocenters. The smallest absolute Gasteiger partial charge is 0.247 e. The zero-order valence-corrected chi connectivity index (χ0v) is 28.4. The molecule has 3 heterocycles. The first-order chi connectivity index (χ1) is 23.4. The number of benzene rings is 1. The minimum Gasteiger partial charge on any atom is -0.365 e. The number of anilines is 4. The summed E-state index contributed by atoms with van der Waals surface area (Å²) in [4.78, 5) is 36.0. The fourth-order valence-corrected chi connectivity index (χ4v) is 9.22. The summed E-state index contributed by atoms with van der Waals surface area (Å²) in [6, 6.07) is 7.87. The average molecular weight is 671 g/mol. The van der Waals surface area contributed by atoms with Crippen LogP contribution >= 0.6 is 11.6 Å². The second kappa shape index (κ2) is 14.8. The molecule has 1 saturated heterocycles. The summed E-state index contributed by atoms with van der Waals surface area (Å²) >= 11 is 6.39. The van der Waals surface area contributed by atoms with Crippen LogP contribution in [0.3, 0.4) is 0 Å². The molecule has 1 aromatic carbocycles. The lowest BCUT2D eigenvalue weighted by Crippen LogP contribution is -2.45. The molecule has 0 spiro atoms. The molecular formula is C37H47ClN8O2. The predicted octanol–water partition coefficient (Wildman–Crippen LogP) is 7.26. The van der Waals surface area contributed by atoms with Crippen LogP contribution in [-0.2, 0) is 16.1 Å². The fraction of sp³-hybridized carbons (Fsp3) is 0.541. The van der Waals surface area contributed by atoms with Crippen LogP contribution in [0.1, 0.15) is 75.8 Å². The molecule has 8 rings (SSSR count). The van der Waals surface area contributed by atoms with Gasteiger partial charge in [-0.3, -0.25) is 14.3 Å². The number of rotatable bonds is 14. The quantitative estimate of drug-likeness (QED) is 0.154. The summed E-state index contributed by atoms with van der Waals surface area (Å²) in [5.41, 5.74) is 2.45. The topological polar surface area (TPSA) is 117 Å². The molecule has 1 amide bonds. The number of amides is 1. The number of aromatic nitrogens is 4. The van der Waals surface area contributed by atoms with Crippen molar-refractivity contribution in [2.45, 2.75) is 76.8 Å². The van der Waals surface area contributed by atoms with Crippen molar-refractivity contribution in [3.8, 4) is 0 Å². The summed E-state index contributed by atoms with van der Waals surface area (Å²) < 4.78 is 2.04. The summed E-state index contributed by atoms with van der Waals surface area (Å²) in [6.07, 6.45) is 18.3. The average Bonchev–Trinajstić information content (AvgIpc) is 3.55. The van der Waals surface area contributed by atoms with Crippen LogP contribution in [-0.4, -0.2) is 56.0 Å². The van der Waals surface area contributed by atoms with E-state index < -0.39 is 0 Å². The van der Waals surface area contributed by atoms with Crippen molar-refractivity contribution in [1.82, 2.24) is 24.6 Å². The highest BCUT2D eigenvalue weighted by molar-refractivity contribution is 6.32. The molecule has 11 heteroatoms. The number of nitrogens with one attached hydrogen (secondary N) is 3. The van der Waals surface area contributed by atoms with Gasteiger partial charge in [0.05, 0.1) is 24.1 Å². The molecule has 3 N–H and O–H groups in total. The molecule has 5 aliphatic rings.